The van der Waals surface area contributed by atoms with Crippen LogP contribution < -0.4 is 5.84 Å². The molecule has 0 bridgehead atoms. The Bertz CT molecular complexity index is 408. The summed E-state index contributed by atoms with van der Waals surface area (Å²) >= 11 is 0. The Morgan fingerprint density at radius 2 is 1.88 bits per heavy atom. The number of hydrazine groups is 1. The minimum absolute atomic E-state index is 0.0822. The summed E-state index contributed by atoms with van der Waals surface area (Å²) in [4.78, 5) is 12.0. The number of hydrogen-bond acceptors (Lipinski definition) is 2. The van der Waals surface area contributed by atoms with Crippen LogP contribution in [-0.4, -0.2) is 18.0 Å². The Kier molecular flexibility index (Phi) is 3.38. The van der Waals surface area contributed by atoms with Crippen LogP contribution in [-0.2, 0) is 10.2 Å². The van der Waals surface area contributed by atoms with E-state index in [1.165, 1.54) is 0 Å². The molecule has 0 saturated heterocycles. The Balaban J connectivity index is 3.26. The number of rotatable bonds is 2. The minimum atomic E-state index is -0.584. The first-order valence-corrected chi connectivity index (χ1v) is 5.37. The predicted molar refractivity (Wildman–Crippen MR) is 65.9 cm³/mol. The van der Waals surface area contributed by atoms with Gasteiger partial charge in [0, 0.05) is 7.05 Å². The molecular formula is C13H20N2O. The van der Waals surface area contributed by atoms with Gasteiger partial charge in [-0.2, -0.15) is 0 Å². The molecule has 0 radical (unpaired) electrons. The number of nitrogens with zero attached hydrogens (tertiary/aromatic N) is 1. The molecule has 0 fully saturated rings. The molecule has 16 heavy (non-hydrogen) atoms. The van der Waals surface area contributed by atoms with Gasteiger partial charge >= 0.3 is 0 Å². The number of benzene rings is 1. The van der Waals surface area contributed by atoms with Crippen LogP contribution >= 0.6 is 0 Å². The van der Waals surface area contributed by atoms with E-state index in [0.717, 1.165) is 21.7 Å². The Morgan fingerprint density at radius 3 is 2.38 bits per heavy atom. The van der Waals surface area contributed by atoms with Crippen LogP contribution in [0.2, 0.25) is 0 Å². The van der Waals surface area contributed by atoms with Gasteiger partial charge in [0.05, 0.1) is 5.41 Å². The van der Waals surface area contributed by atoms with E-state index in [0.29, 0.717) is 0 Å². The number of carbonyl (C=O) groups excluding carboxylic acids is 1. The molecule has 0 saturated carbocycles. The maximum absolute atomic E-state index is 12.0. The number of nitrogens with two attached hydrogens (primary N) is 1. The quantitative estimate of drug-likeness (QED) is 0.470. The maximum atomic E-state index is 12.0. The Morgan fingerprint density at radius 1 is 1.31 bits per heavy atom. The summed E-state index contributed by atoms with van der Waals surface area (Å²) in [6, 6.07) is 6.14. The summed E-state index contributed by atoms with van der Waals surface area (Å²) in [7, 11) is 1.58. The number of carbonyl (C=O) groups is 1. The van der Waals surface area contributed by atoms with Crippen LogP contribution in [0.3, 0.4) is 0 Å². The summed E-state index contributed by atoms with van der Waals surface area (Å²) < 4.78 is 0. The highest BCUT2D eigenvalue weighted by atomic mass is 16.2. The second kappa shape index (κ2) is 4.26. The van der Waals surface area contributed by atoms with Crippen molar-refractivity contribution < 1.29 is 4.79 Å². The Hall–Kier alpha value is -1.35. The van der Waals surface area contributed by atoms with E-state index in [1.807, 2.05) is 39.8 Å². The van der Waals surface area contributed by atoms with Gasteiger partial charge in [-0.15, -0.1) is 0 Å². The lowest BCUT2D eigenvalue weighted by atomic mass is 9.80. The molecule has 1 amide bonds. The molecule has 3 heteroatoms. The van der Waals surface area contributed by atoms with Crippen molar-refractivity contribution in [1.29, 1.82) is 0 Å². The van der Waals surface area contributed by atoms with Crippen molar-refractivity contribution in [1.82, 2.24) is 5.01 Å². The monoisotopic (exact) mass is 220 g/mol. The summed E-state index contributed by atoms with van der Waals surface area (Å²) in [5.74, 6) is 5.45. The average Bonchev–Trinajstić information content (AvgIpc) is 2.20. The van der Waals surface area contributed by atoms with Crippen LogP contribution in [0.25, 0.3) is 0 Å². The van der Waals surface area contributed by atoms with Gasteiger partial charge in [0.1, 0.15) is 0 Å². The molecule has 0 unspecified atom stereocenters. The molecular weight excluding hydrogens is 200 g/mol. The van der Waals surface area contributed by atoms with Gasteiger partial charge in [0.25, 0.3) is 0 Å². The summed E-state index contributed by atoms with van der Waals surface area (Å²) in [6.07, 6.45) is 0. The number of aryl methyl sites for hydroxylation is 2. The van der Waals surface area contributed by atoms with E-state index in [2.05, 4.69) is 6.07 Å². The zero-order chi connectivity index (χ0) is 12.5. The van der Waals surface area contributed by atoms with Gasteiger partial charge < -0.3 is 0 Å². The zero-order valence-electron chi connectivity index (χ0n) is 10.7. The van der Waals surface area contributed by atoms with Crippen molar-refractivity contribution in [2.45, 2.75) is 33.1 Å². The fraction of sp³-hybridized carbons (Fsp3) is 0.462. The first kappa shape index (κ1) is 12.7. The second-order valence-corrected chi connectivity index (χ2v) is 4.86. The van der Waals surface area contributed by atoms with Gasteiger partial charge in [-0.25, -0.2) is 5.84 Å². The molecule has 2 N–H and O–H groups in total. The highest BCUT2D eigenvalue weighted by Gasteiger charge is 2.32. The summed E-state index contributed by atoms with van der Waals surface area (Å²) in [5, 5.41) is 1.15. The molecule has 0 aliphatic heterocycles. The average molecular weight is 220 g/mol. The third-order valence-electron chi connectivity index (χ3n) is 2.92. The molecule has 0 aliphatic rings. The number of likely N-dealkylation sites (N-methyl/N-ethyl adjacent to an activating group) is 1. The lowest BCUT2D eigenvalue weighted by Crippen LogP contribution is -2.45. The molecule has 1 aromatic carbocycles. The zero-order valence-corrected chi connectivity index (χ0v) is 10.7. The van der Waals surface area contributed by atoms with Crippen LogP contribution in [0, 0.1) is 13.8 Å². The van der Waals surface area contributed by atoms with Gasteiger partial charge in [0.15, 0.2) is 0 Å². The van der Waals surface area contributed by atoms with E-state index in [-0.39, 0.29) is 5.91 Å². The van der Waals surface area contributed by atoms with Crippen molar-refractivity contribution in [2.24, 2.45) is 5.84 Å². The van der Waals surface area contributed by atoms with Crippen LogP contribution in [0.15, 0.2) is 18.2 Å². The molecule has 3 nitrogen and oxygen atoms in total. The van der Waals surface area contributed by atoms with Crippen molar-refractivity contribution in [3.63, 3.8) is 0 Å². The molecule has 0 spiro atoms. The molecule has 1 aromatic rings. The molecule has 0 aromatic heterocycles. The molecule has 0 atom stereocenters. The van der Waals surface area contributed by atoms with E-state index in [9.17, 15) is 4.79 Å². The van der Waals surface area contributed by atoms with Gasteiger partial charge in [-0.05, 0) is 38.8 Å². The maximum Gasteiger partial charge on any atom is 0.246 e. The van der Waals surface area contributed by atoms with Crippen molar-refractivity contribution in [3.05, 3.63) is 34.9 Å². The summed E-state index contributed by atoms with van der Waals surface area (Å²) in [5.41, 5.74) is 2.72. The van der Waals surface area contributed by atoms with Crippen LogP contribution in [0.4, 0.5) is 0 Å². The normalized spacial score (nSPS) is 11.4. The van der Waals surface area contributed by atoms with E-state index in [4.69, 9.17) is 5.84 Å². The number of hydrogen-bond donors (Lipinski definition) is 1. The lowest BCUT2D eigenvalue weighted by Gasteiger charge is -2.28. The van der Waals surface area contributed by atoms with Crippen molar-refractivity contribution in [2.75, 3.05) is 7.05 Å². The SMILES string of the molecule is Cc1ccc(C)c(C(C)(C)C(=O)N(C)N)c1. The third kappa shape index (κ3) is 2.25. The highest BCUT2D eigenvalue weighted by Crippen LogP contribution is 2.28. The molecule has 0 aliphatic carbocycles. The fourth-order valence-corrected chi connectivity index (χ4v) is 1.97. The van der Waals surface area contributed by atoms with E-state index < -0.39 is 5.41 Å². The second-order valence-electron chi connectivity index (χ2n) is 4.86. The molecule has 0 heterocycles. The smallest absolute Gasteiger partial charge is 0.246 e. The van der Waals surface area contributed by atoms with Crippen molar-refractivity contribution in [3.8, 4) is 0 Å². The lowest BCUT2D eigenvalue weighted by molar-refractivity contribution is -0.135. The van der Waals surface area contributed by atoms with Gasteiger partial charge in [-0.3, -0.25) is 9.80 Å². The largest absolute Gasteiger partial charge is 0.283 e. The van der Waals surface area contributed by atoms with E-state index >= 15 is 0 Å². The summed E-state index contributed by atoms with van der Waals surface area (Å²) in [6.45, 7) is 7.84. The predicted octanol–water partition coefficient (Wildman–Crippen LogP) is 1.91. The number of amides is 1. The van der Waals surface area contributed by atoms with Crippen molar-refractivity contribution >= 4 is 5.91 Å². The highest BCUT2D eigenvalue weighted by molar-refractivity contribution is 5.87. The van der Waals surface area contributed by atoms with Crippen LogP contribution in [0.5, 0.6) is 0 Å². The minimum Gasteiger partial charge on any atom is -0.283 e. The van der Waals surface area contributed by atoms with Gasteiger partial charge in [0.2, 0.25) is 5.91 Å². The topological polar surface area (TPSA) is 46.3 Å². The standard InChI is InChI=1S/C13H20N2O/c1-9-6-7-10(2)11(8-9)13(3,4)12(16)15(5)14/h6-8H,14H2,1-5H3. The fourth-order valence-electron chi connectivity index (χ4n) is 1.97. The van der Waals surface area contributed by atoms with Crippen LogP contribution in [0.1, 0.15) is 30.5 Å². The third-order valence-corrected chi connectivity index (χ3v) is 2.92. The molecule has 88 valence electrons. The van der Waals surface area contributed by atoms with E-state index in [1.54, 1.807) is 7.05 Å². The first-order valence-electron chi connectivity index (χ1n) is 5.37. The first-order chi connectivity index (χ1) is 7.26. The Labute approximate surface area is 97.2 Å². The van der Waals surface area contributed by atoms with Gasteiger partial charge in [-0.1, -0.05) is 23.8 Å². The molecule has 1 rings (SSSR count).